The van der Waals surface area contributed by atoms with Gasteiger partial charge < -0.3 is 20.3 Å². The first-order chi connectivity index (χ1) is 16.2. The number of nitrogens with zero attached hydrogens (tertiary/aromatic N) is 3. The Bertz CT molecular complexity index is 1220. The molecule has 1 saturated heterocycles. The monoisotopic (exact) mass is 439 g/mol. The van der Waals surface area contributed by atoms with Crippen LogP contribution >= 0.6 is 0 Å². The van der Waals surface area contributed by atoms with Crippen molar-refractivity contribution in [2.75, 3.05) is 37.0 Å². The minimum absolute atomic E-state index is 0.540. The van der Waals surface area contributed by atoms with Crippen molar-refractivity contribution in [1.29, 1.82) is 0 Å². The fourth-order valence-electron chi connectivity index (χ4n) is 4.45. The molecule has 0 aliphatic carbocycles. The molecule has 1 unspecified atom stereocenters. The first kappa shape index (κ1) is 21.2. The van der Waals surface area contributed by atoms with Gasteiger partial charge in [0.05, 0.1) is 12.6 Å². The van der Waals surface area contributed by atoms with Crippen molar-refractivity contribution in [3.05, 3.63) is 72.9 Å². The molecule has 6 heteroatoms. The van der Waals surface area contributed by atoms with E-state index in [1.165, 1.54) is 5.69 Å². The van der Waals surface area contributed by atoms with E-state index in [0.717, 1.165) is 59.5 Å². The van der Waals surface area contributed by atoms with E-state index < -0.39 is 0 Å². The fraction of sp³-hybridized carbons (Fsp3) is 0.259. The van der Waals surface area contributed by atoms with E-state index in [4.69, 9.17) is 9.72 Å². The Labute approximate surface area is 194 Å². The van der Waals surface area contributed by atoms with Gasteiger partial charge in [0.2, 0.25) is 5.95 Å². The Morgan fingerprint density at radius 2 is 1.88 bits per heavy atom. The van der Waals surface area contributed by atoms with Crippen LogP contribution in [0.5, 0.6) is 5.75 Å². The average Bonchev–Trinajstić information content (AvgIpc) is 2.89. The third-order valence-electron chi connectivity index (χ3n) is 6.29. The van der Waals surface area contributed by atoms with Crippen molar-refractivity contribution in [3.8, 4) is 16.9 Å². The normalized spacial score (nSPS) is 16.1. The number of hydrogen-bond acceptors (Lipinski definition) is 6. The average molecular weight is 440 g/mol. The Kier molecular flexibility index (Phi) is 6.09. The van der Waals surface area contributed by atoms with Crippen molar-refractivity contribution in [2.24, 2.45) is 0 Å². The molecule has 1 atom stereocenters. The molecule has 1 fully saturated rings. The lowest BCUT2D eigenvalue weighted by molar-refractivity contribution is 0.415. The number of piperazine rings is 1. The van der Waals surface area contributed by atoms with E-state index in [9.17, 15) is 0 Å². The molecular formula is C27H29N5O. The second kappa shape index (κ2) is 9.46. The summed E-state index contributed by atoms with van der Waals surface area (Å²) in [4.78, 5) is 11.9. The summed E-state index contributed by atoms with van der Waals surface area (Å²) in [7, 11) is 1.68. The summed E-state index contributed by atoms with van der Waals surface area (Å²) in [5.41, 5.74) is 5.32. The number of aromatic nitrogens is 2. The molecule has 2 heterocycles. The predicted octanol–water partition coefficient (Wildman–Crippen LogP) is 5.24. The van der Waals surface area contributed by atoms with Gasteiger partial charge in [-0.05, 0) is 48.4 Å². The van der Waals surface area contributed by atoms with Crippen molar-refractivity contribution in [3.63, 3.8) is 0 Å². The molecule has 0 amide bonds. The second-order valence-corrected chi connectivity index (χ2v) is 8.30. The zero-order chi connectivity index (χ0) is 22.6. The molecule has 4 aromatic rings. The Morgan fingerprint density at radius 1 is 1.06 bits per heavy atom. The maximum atomic E-state index is 5.30. The van der Waals surface area contributed by atoms with E-state index in [-0.39, 0.29) is 0 Å². The van der Waals surface area contributed by atoms with Crippen LogP contribution in [0.2, 0.25) is 0 Å². The summed E-state index contributed by atoms with van der Waals surface area (Å²) < 4.78 is 5.30. The number of rotatable bonds is 6. The minimum atomic E-state index is 0.540. The Hall–Kier alpha value is -3.64. The molecule has 1 aliphatic heterocycles. The molecule has 168 valence electrons. The number of anilines is 3. The van der Waals surface area contributed by atoms with Crippen molar-refractivity contribution < 1.29 is 4.74 Å². The number of nitrogens with one attached hydrogen (secondary N) is 2. The van der Waals surface area contributed by atoms with Crippen LogP contribution in [0.3, 0.4) is 0 Å². The predicted molar refractivity (Wildman–Crippen MR) is 136 cm³/mol. The highest BCUT2D eigenvalue weighted by Crippen LogP contribution is 2.30. The summed E-state index contributed by atoms with van der Waals surface area (Å²) in [6, 6.07) is 23.3. The van der Waals surface area contributed by atoms with E-state index in [1.807, 2.05) is 30.5 Å². The number of benzene rings is 3. The molecule has 6 nitrogen and oxygen atoms in total. The standard InChI is InChI=1S/C27H29N5O/c1-3-22-18-28-15-16-32(22)23-11-9-21(10-12-23)30-27-29-17-20-5-4-6-25(26(20)31-27)19-7-13-24(33-2)14-8-19/h4-14,17,22,28H,3,15-16,18H2,1-2H3,(H,29,30,31). The van der Waals surface area contributed by atoms with Gasteiger partial charge in [0.15, 0.2) is 0 Å². The zero-order valence-corrected chi connectivity index (χ0v) is 19.1. The van der Waals surface area contributed by atoms with Crippen LogP contribution in [0.15, 0.2) is 72.9 Å². The molecule has 5 rings (SSSR count). The minimum Gasteiger partial charge on any atom is -0.497 e. The van der Waals surface area contributed by atoms with Crippen LogP contribution in [-0.2, 0) is 0 Å². The summed E-state index contributed by atoms with van der Waals surface area (Å²) >= 11 is 0. The lowest BCUT2D eigenvalue weighted by Crippen LogP contribution is -2.51. The smallest absolute Gasteiger partial charge is 0.227 e. The third kappa shape index (κ3) is 4.47. The van der Waals surface area contributed by atoms with Gasteiger partial charge in [0, 0.05) is 54.2 Å². The first-order valence-electron chi connectivity index (χ1n) is 11.5. The zero-order valence-electron chi connectivity index (χ0n) is 19.1. The Balaban J connectivity index is 1.40. The molecule has 1 aromatic heterocycles. The van der Waals surface area contributed by atoms with Crippen LogP contribution in [-0.4, -0.2) is 42.8 Å². The second-order valence-electron chi connectivity index (χ2n) is 8.30. The summed E-state index contributed by atoms with van der Waals surface area (Å²) in [6.07, 6.45) is 3.01. The van der Waals surface area contributed by atoms with Crippen LogP contribution in [0, 0.1) is 0 Å². The number of fused-ring (bicyclic) bond motifs is 1. The molecule has 2 N–H and O–H groups in total. The van der Waals surface area contributed by atoms with Gasteiger partial charge in [0.1, 0.15) is 5.75 Å². The lowest BCUT2D eigenvalue weighted by atomic mass is 10.0. The van der Waals surface area contributed by atoms with E-state index >= 15 is 0 Å². The van der Waals surface area contributed by atoms with Gasteiger partial charge in [-0.25, -0.2) is 9.97 Å². The number of para-hydroxylation sites is 1. The molecule has 1 aliphatic rings. The van der Waals surface area contributed by atoms with Gasteiger partial charge >= 0.3 is 0 Å². The largest absolute Gasteiger partial charge is 0.497 e. The first-order valence-corrected chi connectivity index (χ1v) is 11.5. The molecule has 3 aromatic carbocycles. The highest BCUT2D eigenvalue weighted by molar-refractivity contribution is 5.94. The van der Waals surface area contributed by atoms with Crippen molar-refractivity contribution >= 4 is 28.2 Å². The van der Waals surface area contributed by atoms with Gasteiger partial charge in [-0.15, -0.1) is 0 Å². The van der Waals surface area contributed by atoms with Gasteiger partial charge in [-0.1, -0.05) is 37.3 Å². The van der Waals surface area contributed by atoms with E-state index in [2.05, 4.69) is 69.9 Å². The maximum absolute atomic E-state index is 5.30. The highest BCUT2D eigenvalue weighted by Gasteiger charge is 2.20. The van der Waals surface area contributed by atoms with Gasteiger partial charge in [-0.2, -0.15) is 0 Å². The van der Waals surface area contributed by atoms with Crippen LogP contribution in [0.1, 0.15) is 13.3 Å². The van der Waals surface area contributed by atoms with Gasteiger partial charge in [-0.3, -0.25) is 0 Å². The van der Waals surface area contributed by atoms with Crippen molar-refractivity contribution in [2.45, 2.75) is 19.4 Å². The van der Waals surface area contributed by atoms with Crippen LogP contribution in [0.25, 0.3) is 22.0 Å². The quantitative estimate of drug-likeness (QED) is 0.429. The molecular weight excluding hydrogens is 410 g/mol. The third-order valence-corrected chi connectivity index (χ3v) is 6.29. The van der Waals surface area contributed by atoms with Crippen molar-refractivity contribution in [1.82, 2.24) is 15.3 Å². The summed E-state index contributed by atoms with van der Waals surface area (Å²) in [6.45, 7) is 5.35. The highest BCUT2D eigenvalue weighted by atomic mass is 16.5. The summed E-state index contributed by atoms with van der Waals surface area (Å²) in [5.74, 6) is 1.43. The van der Waals surface area contributed by atoms with E-state index in [1.54, 1.807) is 7.11 Å². The van der Waals surface area contributed by atoms with Crippen LogP contribution in [0.4, 0.5) is 17.3 Å². The fourth-order valence-corrected chi connectivity index (χ4v) is 4.45. The summed E-state index contributed by atoms with van der Waals surface area (Å²) in [5, 5.41) is 7.87. The molecule has 0 saturated carbocycles. The molecule has 33 heavy (non-hydrogen) atoms. The SMILES string of the molecule is CCC1CNCCN1c1ccc(Nc2ncc3cccc(-c4ccc(OC)cc4)c3n2)cc1. The number of hydrogen-bond donors (Lipinski definition) is 2. The van der Waals surface area contributed by atoms with Gasteiger partial charge in [0.25, 0.3) is 0 Å². The molecule has 0 radical (unpaired) electrons. The lowest BCUT2D eigenvalue weighted by Gasteiger charge is -2.37. The topological polar surface area (TPSA) is 62.3 Å². The molecule has 0 spiro atoms. The van der Waals surface area contributed by atoms with E-state index in [0.29, 0.717) is 12.0 Å². The Morgan fingerprint density at radius 3 is 2.64 bits per heavy atom. The number of ether oxygens (including phenoxy) is 1. The maximum Gasteiger partial charge on any atom is 0.227 e. The molecule has 0 bridgehead atoms. The van der Waals surface area contributed by atoms with Crippen LogP contribution < -0.4 is 20.3 Å². The number of methoxy groups -OCH3 is 1.